The molecule has 0 amide bonds. The molecule has 0 aromatic heterocycles. The largest absolute Gasteiger partial charge is 0.387 e. The summed E-state index contributed by atoms with van der Waals surface area (Å²) < 4.78 is 12.9. The van der Waals surface area contributed by atoms with Gasteiger partial charge in [0.25, 0.3) is 0 Å². The lowest BCUT2D eigenvalue weighted by atomic mass is 9.99. The Bertz CT molecular complexity index is 345. The molecule has 2 unspecified atom stereocenters. The fourth-order valence-electron chi connectivity index (χ4n) is 2.00. The van der Waals surface area contributed by atoms with Crippen LogP contribution in [0.5, 0.6) is 0 Å². The van der Waals surface area contributed by atoms with Crippen LogP contribution in [0, 0.1) is 5.82 Å². The third-order valence-electron chi connectivity index (χ3n) is 2.81. The third kappa shape index (κ3) is 2.48. The highest BCUT2D eigenvalue weighted by Crippen LogP contribution is 2.28. The summed E-state index contributed by atoms with van der Waals surface area (Å²) in [7, 11) is 0. The average Bonchev–Trinajstić information content (AvgIpc) is 2.28. The van der Waals surface area contributed by atoms with Gasteiger partial charge in [-0.3, -0.25) is 0 Å². The molecular formula is C11H15ClFNO. The van der Waals surface area contributed by atoms with E-state index in [1.807, 2.05) is 0 Å². The zero-order valence-corrected chi connectivity index (χ0v) is 9.14. The molecule has 0 spiro atoms. The van der Waals surface area contributed by atoms with Gasteiger partial charge in [0, 0.05) is 6.04 Å². The van der Waals surface area contributed by atoms with E-state index in [9.17, 15) is 9.50 Å². The van der Waals surface area contributed by atoms with Gasteiger partial charge in [0.1, 0.15) is 5.82 Å². The lowest BCUT2D eigenvalue weighted by Gasteiger charge is -2.17. The van der Waals surface area contributed by atoms with Crippen molar-refractivity contribution in [2.24, 2.45) is 5.73 Å². The summed E-state index contributed by atoms with van der Waals surface area (Å²) >= 11 is 0. The van der Waals surface area contributed by atoms with Crippen molar-refractivity contribution in [1.29, 1.82) is 0 Å². The fraction of sp³-hybridized carbons (Fsp3) is 0.455. The first-order valence-electron chi connectivity index (χ1n) is 4.90. The molecule has 0 heterocycles. The summed E-state index contributed by atoms with van der Waals surface area (Å²) in [5.41, 5.74) is 7.47. The topological polar surface area (TPSA) is 46.2 Å². The first kappa shape index (κ1) is 12.4. The molecule has 0 saturated carbocycles. The lowest BCUT2D eigenvalue weighted by molar-refractivity contribution is 0.144. The molecule has 0 bridgehead atoms. The van der Waals surface area contributed by atoms with Gasteiger partial charge in [-0.05, 0) is 42.5 Å². The van der Waals surface area contributed by atoms with Gasteiger partial charge in [-0.25, -0.2) is 4.39 Å². The molecule has 4 heteroatoms. The number of halogens is 2. The molecule has 0 aliphatic heterocycles. The van der Waals surface area contributed by atoms with Crippen molar-refractivity contribution in [3.63, 3.8) is 0 Å². The highest BCUT2D eigenvalue weighted by molar-refractivity contribution is 5.85. The zero-order valence-electron chi connectivity index (χ0n) is 8.32. The van der Waals surface area contributed by atoms with Crippen LogP contribution in [0.25, 0.3) is 0 Å². The van der Waals surface area contributed by atoms with Crippen molar-refractivity contribution in [3.8, 4) is 0 Å². The maximum Gasteiger partial charge on any atom is 0.123 e. The Kier molecular flexibility index (Phi) is 4.08. The summed E-state index contributed by atoms with van der Waals surface area (Å²) in [5, 5.41) is 9.85. The highest BCUT2D eigenvalue weighted by Gasteiger charge is 2.22. The molecule has 0 saturated heterocycles. The molecule has 0 fully saturated rings. The Morgan fingerprint density at radius 2 is 2.13 bits per heavy atom. The van der Waals surface area contributed by atoms with Gasteiger partial charge in [0.15, 0.2) is 0 Å². The summed E-state index contributed by atoms with van der Waals surface area (Å²) in [6.45, 7) is 0. The summed E-state index contributed by atoms with van der Waals surface area (Å²) in [4.78, 5) is 0. The number of hydrogen-bond acceptors (Lipinski definition) is 2. The summed E-state index contributed by atoms with van der Waals surface area (Å²) in [6, 6.07) is 4.29. The van der Waals surface area contributed by atoms with E-state index in [0.717, 1.165) is 30.4 Å². The third-order valence-corrected chi connectivity index (χ3v) is 2.81. The Balaban J connectivity index is 0.00000112. The van der Waals surface area contributed by atoms with Crippen LogP contribution < -0.4 is 5.73 Å². The minimum Gasteiger partial charge on any atom is -0.387 e. The monoisotopic (exact) mass is 231 g/mol. The summed E-state index contributed by atoms with van der Waals surface area (Å²) in [6.07, 6.45) is 1.86. The number of hydrogen-bond donors (Lipinski definition) is 2. The van der Waals surface area contributed by atoms with Crippen molar-refractivity contribution in [2.45, 2.75) is 31.4 Å². The van der Waals surface area contributed by atoms with Crippen molar-refractivity contribution in [2.75, 3.05) is 0 Å². The van der Waals surface area contributed by atoms with Crippen LogP contribution in [0.3, 0.4) is 0 Å². The molecular weight excluding hydrogens is 217 g/mol. The summed E-state index contributed by atoms with van der Waals surface area (Å²) in [5.74, 6) is -0.244. The highest BCUT2D eigenvalue weighted by atomic mass is 35.5. The predicted molar refractivity (Wildman–Crippen MR) is 59.5 cm³/mol. The van der Waals surface area contributed by atoms with E-state index in [4.69, 9.17) is 5.73 Å². The van der Waals surface area contributed by atoms with Crippen LogP contribution in [0.15, 0.2) is 18.2 Å². The van der Waals surface area contributed by atoms with Crippen LogP contribution in [-0.2, 0) is 6.42 Å². The van der Waals surface area contributed by atoms with Crippen LogP contribution in [-0.4, -0.2) is 11.1 Å². The first-order valence-corrected chi connectivity index (χ1v) is 4.90. The Morgan fingerprint density at radius 3 is 2.87 bits per heavy atom. The Hall–Kier alpha value is -0.640. The normalized spacial score (nSPS) is 25.0. The van der Waals surface area contributed by atoms with Gasteiger partial charge in [0.05, 0.1) is 6.10 Å². The zero-order chi connectivity index (χ0) is 10.1. The number of rotatable bonds is 0. The number of aliphatic hydroxyl groups excluding tert-OH is 1. The molecule has 3 N–H and O–H groups in total. The number of benzene rings is 1. The van der Waals surface area contributed by atoms with Crippen LogP contribution in [0.4, 0.5) is 4.39 Å². The molecule has 0 radical (unpaired) electrons. The maximum atomic E-state index is 12.9. The van der Waals surface area contributed by atoms with Crippen LogP contribution in [0.2, 0.25) is 0 Å². The van der Waals surface area contributed by atoms with Gasteiger partial charge in [-0.2, -0.15) is 0 Å². The molecule has 1 aromatic carbocycles. The molecule has 1 aliphatic rings. The van der Waals surface area contributed by atoms with E-state index in [1.54, 1.807) is 6.07 Å². The SMILES string of the molecule is Cl.NC1CCCc2cc(F)ccc2C1O. The second kappa shape index (κ2) is 4.92. The molecule has 1 aliphatic carbocycles. The van der Waals surface area contributed by atoms with Gasteiger partial charge in [-0.1, -0.05) is 6.07 Å². The van der Waals surface area contributed by atoms with Gasteiger partial charge < -0.3 is 10.8 Å². The number of nitrogens with two attached hydrogens (primary N) is 1. The second-order valence-corrected chi connectivity index (χ2v) is 3.84. The standard InChI is InChI=1S/C11H14FNO.ClH/c12-8-4-5-9-7(6-8)2-1-3-10(13)11(9)14;/h4-6,10-11,14H,1-3,13H2;1H. The quantitative estimate of drug-likeness (QED) is 0.671. The van der Waals surface area contributed by atoms with E-state index >= 15 is 0 Å². The van der Waals surface area contributed by atoms with E-state index in [2.05, 4.69) is 0 Å². The predicted octanol–water partition coefficient (Wildman–Crippen LogP) is 1.94. The number of aliphatic hydroxyl groups is 1. The van der Waals surface area contributed by atoms with Crippen molar-refractivity contribution < 1.29 is 9.50 Å². The maximum absolute atomic E-state index is 12.9. The molecule has 2 nitrogen and oxygen atoms in total. The first-order chi connectivity index (χ1) is 6.68. The number of fused-ring (bicyclic) bond motifs is 1. The van der Waals surface area contributed by atoms with Crippen molar-refractivity contribution in [3.05, 3.63) is 35.1 Å². The second-order valence-electron chi connectivity index (χ2n) is 3.84. The molecule has 2 atom stereocenters. The minimum absolute atomic E-state index is 0. The molecule has 84 valence electrons. The average molecular weight is 232 g/mol. The number of aryl methyl sites for hydroxylation is 1. The Labute approximate surface area is 94.7 Å². The molecule has 15 heavy (non-hydrogen) atoms. The van der Waals surface area contributed by atoms with Gasteiger partial charge in [-0.15, -0.1) is 12.4 Å². The van der Waals surface area contributed by atoms with Crippen LogP contribution >= 0.6 is 12.4 Å². The van der Waals surface area contributed by atoms with Gasteiger partial charge in [0.2, 0.25) is 0 Å². The smallest absolute Gasteiger partial charge is 0.123 e. The lowest BCUT2D eigenvalue weighted by Crippen LogP contribution is -2.27. The Morgan fingerprint density at radius 1 is 1.40 bits per heavy atom. The van der Waals surface area contributed by atoms with E-state index < -0.39 is 6.10 Å². The van der Waals surface area contributed by atoms with E-state index in [0.29, 0.717) is 0 Å². The van der Waals surface area contributed by atoms with E-state index in [-0.39, 0.29) is 24.3 Å². The van der Waals surface area contributed by atoms with Crippen LogP contribution in [0.1, 0.15) is 30.1 Å². The molecule has 1 aromatic rings. The fourth-order valence-corrected chi connectivity index (χ4v) is 2.00. The molecule has 2 rings (SSSR count). The van der Waals surface area contributed by atoms with Crippen molar-refractivity contribution >= 4 is 12.4 Å². The van der Waals surface area contributed by atoms with Crippen molar-refractivity contribution in [1.82, 2.24) is 0 Å². The van der Waals surface area contributed by atoms with Gasteiger partial charge >= 0.3 is 0 Å². The van der Waals surface area contributed by atoms with E-state index in [1.165, 1.54) is 12.1 Å². The minimum atomic E-state index is -0.645.